The standard InChI is InChI=1S/C9H15F3N2O2/c10-9(11,12)6-13-8(16)5-14-3-1-7(15)2-4-14/h7,15H,1-6H2,(H,13,16). The van der Waals surface area contributed by atoms with Crippen molar-refractivity contribution >= 4 is 5.91 Å². The molecule has 16 heavy (non-hydrogen) atoms. The van der Waals surface area contributed by atoms with E-state index in [0.717, 1.165) is 0 Å². The predicted octanol–water partition coefficient (Wildman–Crippen LogP) is 0.122. The van der Waals surface area contributed by atoms with Gasteiger partial charge in [0.15, 0.2) is 0 Å². The maximum Gasteiger partial charge on any atom is 0.405 e. The SMILES string of the molecule is O=C(CN1CCC(O)CC1)NCC(F)(F)F. The number of piperidine rings is 1. The largest absolute Gasteiger partial charge is 0.405 e. The molecule has 1 heterocycles. The fraction of sp³-hybridized carbons (Fsp3) is 0.889. The van der Waals surface area contributed by atoms with Crippen LogP contribution in [0.3, 0.4) is 0 Å². The van der Waals surface area contributed by atoms with Gasteiger partial charge in [0.25, 0.3) is 0 Å². The number of nitrogens with zero attached hydrogens (tertiary/aromatic N) is 1. The summed E-state index contributed by atoms with van der Waals surface area (Å²) in [6.45, 7) is -0.244. The lowest BCUT2D eigenvalue weighted by molar-refractivity contribution is -0.139. The van der Waals surface area contributed by atoms with Gasteiger partial charge in [-0.25, -0.2) is 0 Å². The molecule has 0 aromatic carbocycles. The molecule has 0 bridgehead atoms. The van der Waals surface area contributed by atoms with Crippen molar-refractivity contribution in [1.29, 1.82) is 0 Å². The number of alkyl halides is 3. The summed E-state index contributed by atoms with van der Waals surface area (Å²) in [5.41, 5.74) is 0. The number of hydrogen-bond donors (Lipinski definition) is 2. The summed E-state index contributed by atoms with van der Waals surface area (Å²) in [6.07, 6.45) is -3.60. The average Bonchev–Trinajstić information content (AvgIpc) is 2.18. The van der Waals surface area contributed by atoms with Gasteiger partial charge in [-0.3, -0.25) is 9.69 Å². The lowest BCUT2D eigenvalue weighted by atomic mass is 10.1. The van der Waals surface area contributed by atoms with Gasteiger partial charge in [-0.15, -0.1) is 0 Å². The molecule has 0 spiro atoms. The number of hydrogen-bond acceptors (Lipinski definition) is 3. The molecule has 4 nitrogen and oxygen atoms in total. The minimum absolute atomic E-state index is 0.0389. The first kappa shape index (κ1) is 13.2. The third-order valence-electron chi connectivity index (χ3n) is 2.41. The van der Waals surface area contributed by atoms with Crippen molar-refractivity contribution in [2.24, 2.45) is 0 Å². The molecule has 1 fully saturated rings. The summed E-state index contributed by atoms with van der Waals surface area (Å²) in [7, 11) is 0. The summed E-state index contributed by atoms with van der Waals surface area (Å²) in [6, 6.07) is 0. The van der Waals surface area contributed by atoms with E-state index in [9.17, 15) is 23.1 Å². The van der Waals surface area contributed by atoms with Crippen LogP contribution >= 0.6 is 0 Å². The van der Waals surface area contributed by atoms with Crippen LogP contribution in [-0.2, 0) is 4.79 Å². The molecule has 0 aromatic heterocycles. The van der Waals surface area contributed by atoms with E-state index in [2.05, 4.69) is 0 Å². The van der Waals surface area contributed by atoms with Crippen molar-refractivity contribution in [1.82, 2.24) is 10.2 Å². The summed E-state index contributed by atoms with van der Waals surface area (Å²) in [5.74, 6) is -0.631. The van der Waals surface area contributed by atoms with Gasteiger partial charge < -0.3 is 10.4 Å². The second-order valence-corrected chi connectivity index (χ2v) is 3.90. The molecular formula is C9H15F3N2O2. The molecule has 0 aliphatic carbocycles. The molecule has 2 N–H and O–H groups in total. The van der Waals surface area contributed by atoms with E-state index < -0.39 is 18.6 Å². The highest BCUT2D eigenvalue weighted by molar-refractivity contribution is 5.78. The number of rotatable bonds is 3. The van der Waals surface area contributed by atoms with Gasteiger partial charge in [-0.05, 0) is 12.8 Å². The van der Waals surface area contributed by atoms with E-state index in [1.807, 2.05) is 5.32 Å². The van der Waals surface area contributed by atoms with Crippen LogP contribution in [0.25, 0.3) is 0 Å². The lowest BCUT2D eigenvalue weighted by Crippen LogP contribution is -2.44. The molecule has 1 saturated heterocycles. The topological polar surface area (TPSA) is 52.6 Å². The Balaban J connectivity index is 2.19. The van der Waals surface area contributed by atoms with Crippen LogP contribution in [-0.4, -0.2) is 54.4 Å². The van der Waals surface area contributed by atoms with Crippen LogP contribution in [0.1, 0.15) is 12.8 Å². The van der Waals surface area contributed by atoms with Crippen LogP contribution in [0, 0.1) is 0 Å². The van der Waals surface area contributed by atoms with E-state index in [0.29, 0.717) is 25.9 Å². The second kappa shape index (κ2) is 5.49. The van der Waals surface area contributed by atoms with Crippen molar-refractivity contribution in [3.05, 3.63) is 0 Å². The number of amides is 1. The Hall–Kier alpha value is -0.820. The number of aliphatic hydroxyl groups excluding tert-OH is 1. The minimum Gasteiger partial charge on any atom is -0.393 e. The van der Waals surface area contributed by atoms with E-state index in [1.54, 1.807) is 4.90 Å². The Labute approximate surface area is 91.4 Å². The number of nitrogens with one attached hydrogen (secondary N) is 1. The summed E-state index contributed by atoms with van der Waals surface area (Å²) < 4.78 is 35.4. The van der Waals surface area contributed by atoms with Gasteiger partial charge in [-0.1, -0.05) is 0 Å². The summed E-state index contributed by atoms with van der Waals surface area (Å²) >= 11 is 0. The van der Waals surface area contributed by atoms with Gasteiger partial charge >= 0.3 is 6.18 Å². The van der Waals surface area contributed by atoms with Crippen LogP contribution in [0.15, 0.2) is 0 Å². The normalized spacial score (nSPS) is 19.8. The van der Waals surface area contributed by atoms with E-state index in [4.69, 9.17) is 0 Å². The zero-order chi connectivity index (χ0) is 12.2. The van der Waals surface area contributed by atoms with Crippen molar-refractivity contribution in [3.8, 4) is 0 Å². The molecule has 0 aromatic rings. The highest BCUT2D eigenvalue weighted by Crippen LogP contribution is 2.12. The number of carbonyl (C=O) groups is 1. The van der Waals surface area contributed by atoms with E-state index in [-0.39, 0.29) is 12.6 Å². The minimum atomic E-state index is -4.37. The highest BCUT2D eigenvalue weighted by Gasteiger charge is 2.28. The molecule has 0 atom stereocenters. The first-order chi connectivity index (χ1) is 7.37. The van der Waals surface area contributed by atoms with Crippen molar-refractivity contribution in [3.63, 3.8) is 0 Å². The van der Waals surface area contributed by atoms with Crippen LogP contribution < -0.4 is 5.32 Å². The molecule has 7 heteroatoms. The Morgan fingerprint density at radius 3 is 2.44 bits per heavy atom. The van der Waals surface area contributed by atoms with Crippen LogP contribution in [0.5, 0.6) is 0 Å². The quantitative estimate of drug-likeness (QED) is 0.737. The third-order valence-corrected chi connectivity index (χ3v) is 2.41. The number of halogens is 3. The molecule has 1 rings (SSSR count). The molecule has 0 saturated carbocycles. The second-order valence-electron chi connectivity index (χ2n) is 3.90. The Bertz CT molecular complexity index is 237. The number of likely N-dealkylation sites (tertiary alicyclic amines) is 1. The van der Waals surface area contributed by atoms with Gasteiger partial charge in [0.05, 0.1) is 12.6 Å². The lowest BCUT2D eigenvalue weighted by Gasteiger charge is -2.28. The summed E-state index contributed by atoms with van der Waals surface area (Å²) in [5, 5.41) is 11.0. The smallest absolute Gasteiger partial charge is 0.393 e. The van der Waals surface area contributed by atoms with E-state index >= 15 is 0 Å². The first-order valence-corrected chi connectivity index (χ1v) is 5.11. The molecule has 0 unspecified atom stereocenters. The van der Waals surface area contributed by atoms with Crippen molar-refractivity contribution in [2.45, 2.75) is 25.1 Å². The average molecular weight is 240 g/mol. The first-order valence-electron chi connectivity index (χ1n) is 5.11. The zero-order valence-electron chi connectivity index (χ0n) is 8.76. The highest BCUT2D eigenvalue weighted by atomic mass is 19.4. The van der Waals surface area contributed by atoms with Crippen LogP contribution in [0.4, 0.5) is 13.2 Å². The molecule has 1 aliphatic rings. The maximum absolute atomic E-state index is 11.8. The van der Waals surface area contributed by atoms with Crippen molar-refractivity contribution in [2.75, 3.05) is 26.2 Å². The Morgan fingerprint density at radius 1 is 1.38 bits per heavy atom. The monoisotopic (exact) mass is 240 g/mol. The van der Waals surface area contributed by atoms with Crippen LogP contribution in [0.2, 0.25) is 0 Å². The number of aliphatic hydroxyl groups is 1. The van der Waals surface area contributed by atoms with Gasteiger partial charge in [0.1, 0.15) is 6.54 Å². The molecule has 0 radical (unpaired) electrons. The summed E-state index contributed by atoms with van der Waals surface area (Å²) in [4.78, 5) is 12.9. The van der Waals surface area contributed by atoms with Gasteiger partial charge in [-0.2, -0.15) is 13.2 Å². The third kappa shape index (κ3) is 5.32. The fourth-order valence-electron chi connectivity index (χ4n) is 1.54. The maximum atomic E-state index is 11.8. The molecular weight excluding hydrogens is 225 g/mol. The predicted molar refractivity (Wildman–Crippen MR) is 50.7 cm³/mol. The van der Waals surface area contributed by atoms with Crippen molar-refractivity contribution < 1.29 is 23.1 Å². The zero-order valence-corrected chi connectivity index (χ0v) is 8.76. The molecule has 94 valence electrons. The van der Waals surface area contributed by atoms with Gasteiger partial charge in [0.2, 0.25) is 5.91 Å². The Kier molecular flexibility index (Phi) is 4.55. The van der Waals surface area contributed by atoms with Gasteiger partial charge in [0, 0.05) is 13.1 Å². The van der Waals surface area contributed by atoms with E-state index in [1.165, 1.54) is 0 Å². The Morgan fingerprint density at radius 2 is 1.94 bits per heavy atom. The molecule has 1 amide bonds. The number of carbonyl (C=O) groups excluding carboxylic acids is 1. The molecule has 1 aliphatic heterocycles. The fourth-order valence-corrected chi connectivity index (χ4v) is 1.54.